The van der Waals surface area contributed by atoms with Gasteiger partial charge in [-0.3, -0.25) is 9.59 Å². The van der Waals surface area contributed by atoms with Gasteiger partial charge in [0.05, 0.1) is 12.2 Å². The number of fused-ring (bicyclic) bond motifs is 5. The van der Waals surface area contributed by atoms with Crippen LogP contribution in [0.5, 0.6) is 0 Å². The van der Waals surface area contributed by atoms with Gasteiger partial charge in [0.15, 0.2) is 5.78 Å². The molecule has 7 heteroatoms. The van der Waals surface area contributed by atoms with Crippen LogP contribution in [-0.2, 0) is 14.3 Å². The summed E-state index contributed by atoms with van der Waals surface area (Å²) < 4.78 is 6.03. The van der Waals surface area contributed by atoms with Gasteiger partial charge in [0.25, 0.3) is 0 Å². The fourth-order valence-corrected chi connectivity index (χ4v) is 8.74. The lowest BCUT2D eigenvalue weighted by atomic mass is 9.59. The topological polar surface area (TPSA) is 124 Å². The number of aliphatic hydroxyl groups excluding tert-OH is 1. The summed E-state index contributed by atoms with van der Waals surface area (Å²) in [6.07, 6.45) is 15.6. The van der Waals surface area contributed by atoms with E-state index < -0.39 is 57.8 Å². The third kappa shape index (κ3) is 5.38. The summed E-state index contributed by atoms with van der Waals surface area (Å²) >= 11 is 0. The van der Waals surface area contributed by atoms with E-state index in [-0.39, 0.29) is 25.4 Å². The third-order valence-electron chi connectivity index (χ3n) is 11.2. The molecule has 0 radical (unpaired) electrons. The van der Waals surface area contributed by atoms with E-state index in [0.717, 1.165) is 19.3 Å². The van der Waals surface area contributed by atoms with Crippen LogP contribution < -0.4 is 0 Å². The van der Waals surface area contributed by atoms with Crippen molar-refractivity contribution in [2.24, 2.45) is 29.1 Å². The fourth-order valence-electron chi connectivity index (χ4n) is 8.74. The van der Waals surface area contributed by atoms with Crippen molar-refractivity contribution in [2.75, 3.05) is 6.61 Å². The van der Waals surface area contributed by atoms with Crippen LogP contribution in [0.15, 0.2) is 23.3 Å². The zero-order valence-electron chi connectivity index (χ0n) is 26.0. The van der Waals surface area contributed by atoms with E-state index in [1.807, 2.05) is 13.8 Å². The summed E-state index contributed by atoms with van der Waals surface area (Å²) in [5.74, 6) is -3.66. The SMILES string of the molecule is CCCCCCCCCCCCCC(=O)O[C@@H]1[C@@H](C)[C@@]2(O)[C@@H](C=C(CO)C[C@]3(O)C(=O)C(C)=C[C@@H]23)C2C(C)(C)[C@@]21O. The second-order valence-corrected chi connectivity index (χ2v) is 14.2. The second kappa shape index (κ2) is 12.2. The molecule has 0 aromatic carbocycles. The van der Waals surface area contributed by atoms with Gasteiger partial charge >= 0.3 is 5.97 Å². The maximum atomic E-state index is 13.2. The van der Waals surface area contributed by atoms with Gasteiger partial charge in [-0.1, -0.05) is 104 Å². The molecule has 41 heavy (non-hydrogen) atoms. The molecule has 0 aromatic rings. The van der Waals surface area contributed by atoms with E-state index in [1.165, 1.54) is 51.4 Å². The van der Waals surface area contributed by atoms with Gasteiger partial charge in [-0.05, 0) is 24.5 Å². The molecular weight excluding hydrogens is 520 g/mol. The van der Waals surface area contributed by atoms with E-state index in [0.29, 0.717) is 11.1 Å². The molecule has 0 saturated heterocycles. The molecule has 4 aliphatic rings. The Morgan fingerprint density at radius 2 is 1.51 bits per heavy atom. The van der Waals surface area contributed by atoms with Crippen molar-refractivity contribution < 1.29 is 34.8 Å². The van der Waals surface area contributed by atoms with Crippen LogP contribution >= 0.6 is 0 Å². The zero-order chi connectivity index (χ0) is 30.2. The van der Waals surface area contributed by atoms with Crippen LogP contribution in [0.1, 0.15) is 118 Å². The maximum Gasteiger partial charge on any atom is 0.306 e. The number of hydrogen-bond donors (Lipinski definition) is 4. The smallest absolute Gasteiger partial charge is 0.306 e. The number of unbranched alkanes of at least 4 members (excludes halogenated alkanes) is 10. The molecule has 0 aromatic heterocycles. The number of esters is 1. The Morgan fingerprint density at radius 3 is 2.07 bits per heavy atom. The van der Waals surface area contributed by atoms with Gasteiger partial charge in [-0.15, -0.1) is 0 Å². The number of carbonyl (C=O) groups is 2. The molecule has 0 spiro atoms. The summed E-state index contributed by atoms with van der Waals surface area (Å²) in [7, 11) is 0. The third-order valence-corrected chi connectivity index (χ3v) is 11.2. The summed E-state index contributed by atoms with van der Waals surface area (Å²) in [6, 6.07) is 0. The van der Waals surface area contributed by atoms with Crippen molar-refractivity contribution in [2.45, 2.75) is 141 Å². The number of ether oxygens (including phenoxy) is 1. The zero-order valence-corrected chi connectivity index (χ0v) is 26.0. The van der Waals surface area contributed by atoms with Crippen molar-refractivity contribution in [1.29, 1.82) is 0 Å². The first-order valence-corrected chi connectivity index (χ1v) is 16.2. The molecule has 4 aliphatic carbocycles. The number of Topliss-reactive ketones (excluding diaryl/α,β-unsaturated/α-hetero) is 1. The summed E-state index contributed by atoms with van der Waals surface area (Å²) in [5, 5.41) is 46.3. The standard InChI is InChI=1S/C34H54O7/c1-6-7-8-9-10-11-12-13-14-15-16-17-27(36)41-30-23(3)33(39)25(28-31(4,5)34(28,30)40)19-24(21-35)20-32(38)26(33)18-22(2)29(32)37/h18-19,23,25-26,28,30,35,38-40H,6-17,20-21H2,1-5H3/t23-,25+,26-,28?,30-,32-,33-,34-/m1/s1. The molecule has 0 bridgehead atoms. The predicted octanol–water partition coefficient (Wildman–Crippen LogP) is 5.18. The van der Waals surface area contributed by atoms with Crippen LogP contribution in [0.25, 0.3) is 0 Å². The molecule has 0 amide bonds. The summed E-state index contributed by atoms with van der Waals surface area (Å²) in [6.45, 7) is 9.07. The van der Waals surface area contributed by atoms with Crippen LogP contribution in [-0.4, -0.2) is 61.7 Å². The normalized spacial score (nSPS) is 38.8. The van der Waals surface area contributed by atoms with Crippen molar-refractivity contribution in [1.82, 2.24) is 0 Å². The lowest BCUT2D eigenvalue weighted by Gasteiger charge is -2.52. The molecule has 1 unspecified atom stereocenters. The number of ketones is 1. The van der Waals surface area contributed by atoms with Crippen molar-refractivity contribution in [3.05, 3.63) is 23.3 Å². The lowest BCUT2D eigenvalue weighted by molar-refractivity contribution is -0.221. The van der Waals surface area contributed by atoms with Gasteiger partial charge < -0.3 is 25.2 Å². The van der Waals surface area contributed by atoms with E-state index in [4.69, 9.17) is 4.74 Å². The Hall–Kier alpha value is -1.54. The van der Waals surface area contributed by atoms with Crippen LogP contribution in [0.3, 0.4) is 0 Å². The number of carbonyl (C=O) groups excluding carboxylic acids is 2. The van der Waals surface area contributed by atoms with Gasteiger partial charge in [-0.25, -0.2) is 0 Å². The Bertz CT molecular complexity index is 1050. The molecule has 2 saturated carbocycles. The summed E-state index contributed by atoms with van der Waals surface area (Å²) in [4.78, 5) is 26.2. The molecule has 4 rings (SSSR count). The molecule has 0 aliphatic heterocycles. The summed E-state index contributed by atoms with van der Waals surface area (Å²) in [5.41, 5.74) is -4.76. The Morgan fingerprint density at radius 1 is 0.951 bits per heavy atom. The maximum absolute atomic E-state index is 13.2. The number of hydrogen-bond acceptors (Lipinski definition) is 7. The van der Waals surface area contributed by atoms with Crippen LogP contribution in [0.4, 0.5) is 0 Å². The van der Waals surface area contributed by atoms with Crippen LogP contribution in [0.2, 0.25) is 0 Å². The highest BCUT2D eigenvalue weighted by Crippen LogP contribution is 2.75. The minimum absolute atomic E-state index is 0.0821. The van der Waals surface area contributed by atoms with Gasteiger partial charge in [0.2, 0.25) is 0 Å². The first-order valence-electron chi connectivity index (χ1n) is 16.2. The molecule has 232 valence electrons. The molecular formula is C34H54O7. The van der Waals surface area contributed by atoms with E-state index in [2.05, 4.69) is 6.92 Å². The lowest BCUT2D eigenvalue weighted by Crippen LogP contribution is -2.65. The van der Waals surface area contributed by atoms with Gasteiger partial charge in [0.1, 0.15) is 17.3 Å². The highest BCUT2D eigenvalue weighted by molar-refractivity contribution is 6.04. The molecule has 7 nitrogen and oxygen atoms in total. The highest BCUT2D eigenvalue weighted by Gasteiger charge is 2.85. The number of aliphatic hydroxyl groups is 4. The highest BCUT2D eigenvalue weighted by atomic mass is 16.6. The number of rotatable bonds is 14. The average Bonchev–Trinajstić information content (AvgIpc) is 3.32. The van der Waals surface area contributed by atoms with E-state index >= 15 is 0 Å². The van der Waals surface area contributed by atoms with E-state index in [1.54, 1.807) is 26.0 Å². The quantitative estimate of drug-likeness (QED) is 0.128. The second-order valence-electron chi connectivity index (χ2n) is 14.2. The minimum Gasteiger partial charge on any atom is -0.459 e. The van der Waals surface area contributed by atoms with Gasteiger partial charge in [-0.2, -0.15) is 0 Å². The monoisotopic (exact) mass is 574 g/mol. The average molecular weight is 575 g/mol. The minimum atomic E-state index is -1.89. The van der Waals surface area contributed by atoms with E-state index in [9.17, 15) is 30.0 Å². The molecule has 2 fully saturated rings. The van der Waals surface area contributed by atoms with Crippen molar-refractivity contribution in [3.63, 3.8) is 0 Å². The fraction of sp³-hybridized carbons (Fsp3) is 0.824. The molecule has 4 N–H and O–H groups in total. The van der Waals surface area contributed by atoms with Crippen molar-refractivity contribution >= 4 is 11.8 Å². The first-order chi connectivity index (χ1) is 19.3. The van der Waals surface area contributed by atoms with Crippen molar-refractivity contribution in [3.8, 4) is 0 Å². The Kier molecular flexibility index (Phi) is 9.65. The Balaban J connectivity index is 1.42. The van der Waals surface area contributed by atoms with Gasteiger partial charge in [0, 0.05) is 41.9 Å². The molecule has 0 heterocycles. The van der Waals surface area contributed by atoms with Crippen LogP contribution in [0, 0.1) is 29.1 Å². The predicted molar refractivity (Wildman–Crippen MR) is 158 cm³/mol. The first kappa shape index (κ1) is 32.4. The molecule has 8 atom stereocenters. The largest absolute Gasteiger partial charge is 0.459 e. The Labute approximate surface area is 246 Å².